The smallest absolute Gasteiger partial charge is 0.244 e. The van der Waals surface area contributed by atoms with Crippen LogP contribution in [0, 0.1) is 11.8 Å². The van der Waals surface area contributed by atoms with Gasteiger partial charge in [0.15, 0.2) is 0 Å². The van der Waals surface area contributed by atoms with Crippen molar-refractivity contribution < 1.29 is 14.3 Å². The van der Waals surface area contributed by atoms with E-state index in [9.17, 15) is 9.59 Å². The third kappa shape index (κ3) is 4.13. The van der Waals surface area contributed by atoms with Crippen LogP contribution in [0.25, 0.3) is 0 Å². The summed E-state index contributed by atoms with van der Waals surface area (Å²) in [6.45, 7) is 5.93. The van der Waals surface area contributed by atoms with Gasteiger partial charge in [-0.05, 0) is 62.1 Å². The summed E-state index contributed by atoms with van der Waals surface area (Å²) in [6.07, 6.45) is 4.86. The largest absolute Gasteiger partial charge is 0.497 e. The average Bonchev–Trinajstić information content (AvgIpc) is 2.72. The van der Waals surface area contributed by atoms with Crippen molar-refractivity contribution in [2.75, 3.05) is 26.7 Å². The molecule has 2 amide bonds. The molecule has 0 aliphatic carbocycles. The SMILES string of the molecule is COc1ccc([C@H]2CCC[C@H]3[C@@H]4C[C@@H](CN(C(=O)[C@@H](C)NC(C)=O)C4)CN23)cc1. The molecule has 5 atom stereocenters. The molecule has 1 aromatic rings. The molecule has 2 bridgehead atoms. The second-order valence-electron chi connectivity index (χ2n) is 9.01. The molecule has 3 saturated heterocycles. The Balaban J connectivity index is 1.48. The van der Waals surface area contributed by atoms with Crippen molar-refractivity contribution in [3.63, 3.8) is 0 Å². The molecule has 6 heteroatoms. The Morgan fingerprint density at radius 3 is 2.59 bits per heavy atom. The molecule has 4 rings (SSSR count). The maximum atomic E-state index is 12.9. The second kappa shape index (κ2) is 8.34. The van der Waals surface area contributed by atoms with Crippen LogP contribution in [-0.4, -0.2) is 60.4 Å². The Bertz CT molecular complexity index is 750. The van der Waals surface area contributed by atoms with E-state index in [0.717, 1.165) is 25.4 Å². The number of carbonyl (C=O) groups excluding carboxylic acids is 2. The third-order valence-electron chi connectivity index (χ3n) is 6.99. The van der Waals surface area contributed by atoms with Gasteiger partial charge < -0.3 is 15.0 Å². The number of nitrogens with zero attached hydrogens (tertiary/aromatic N) is 2. The summed E-state index contributed by atoms with van der Waals surface area (Å²) in [6, 6.07) is 9.11. The van der Waals surface area contributed by atoms with E-state index >= 15 is 0 Å². The molecule has 0 aromatic heterocycles. The Labute approximate surface area is 173 Å². The summed E-state index contributed by atoms with van der Waals surface area (Å²) >= 11 is 0. The lowest BCUT2D eigenvalue weighted by Gasteiger charge is -2.55. The molecule has 3 heterocycles. The number of methoxy groups -OCH3 is 1. The van der Waals surface area contributed by atoms with Gasteiger partial charge in [-0.3, -0.25) is 14.5 Å². The lowest BCUT2D eigenvalue weighted by Crippen LogP contribution is -2.61. The molecule has 0 saturated carbocycles. The van der Waals surface area contributed by atoms with Crippen molar-refractivity contribution in [3.8, 4) is 5.75 Å². The van der Waals surface area contributed by atoms with Crippen molar-refractivity contribution in [1.29, 1.82) is 0 Å². The third-order valence-corrected chi connectivity index (χ3v) is 6.99. The minimum Gasteiger partial charge on any atom is -0.497 e. The van der Waals surface area contributed by atoms with E-state index in [1.807, 2.05) is 4.90 Å². The van der Waals surface area contributed by atoms with Gasteiger partial charge in [0, 0.05) is 38.6 Å². The van der Waals surface area contributed by atoms with E-state index in [1.165, 1.54) is 38.2 Å². The van der Waals surface area contributed by atoms with Gasteiger partial charge in [-0.25, -0.2) is 0 Å². The zero-order valence-corrected chi connectivity index (χ0v) is 17.8. The average molecular weight is 400 g/mol. The highest BCUT2D eigenvalue weighted by atomic mass is 16.5. The standard InChI is InChI=1S/C23H33N3O3/c1-15(24-16(2)27)23(28)25-12-17-11-19(14-25)22-6-4-5-21(26(22)13-17)18-7-9-20(29-3)10-8-18/h7-10,15,17,19,21-22H,4-6,11-14H2,1-3H3,(H,24,27)/t15-,17+,19-,21-,22+/m1/s1. The van der Waals surface area contributed by atoms with Crippen molar-refractivity contribution in [1.82, 2.24) is 15.1 Å². The predicted molar refractivity (Wildman–Crippen MR) is 112 cm³/mol. The first-order valence-electron chi connectivity index (χ1n) is 10.9. The van der Waals surface area contributed by atoms with Gasteiger partial charge in [0.1, 0.15) is 11.8 Å². The fraction of sp³-hybridized carbons (Fsp3) is 0.652. The van der Waals surface area contributed by atoms with Gasteiger partial charge in [0.2, 0.25) is 11.8 Å². The van der Waals surface area contributed by atoms with E-state index in [2.05, 4.69) is 34.5 Å². The minimum absolute atomic E-state index is 0.0610. The summed E-state index contributed by atoms with van der Waals surface area (Å²) in [7, 11) is 1.71. The van der Waals surface area contributed by atoms with Gasteiger partial charge in [0.05, 0.1) is 7.11 Å². The fourth-order valence-electron chi connectivity index (χ4n) is 5.81. The Hall–Kier alpha value is -2.08. The first-order valence-corrected chi connectivity index (χ1v) is 10.9. The highest BCUT2D eigenvalue weighted by molar-refractivity contribution is 5.86. The molecule has 3 aliphatic rings. The molecular weight excluding hydrogens is 366 g/mol. The van der Waals surface area contributed by atoms with Gasteiger partial charge in [-0.1, -0.05) is 12.1 Å². The lowest BCUT2D eigenvalue weighted by molar-refractivity contribution is -0.142. The van der Waals surface area contributed by atoms with Crippen LogP contribution in [0.3, 0.4) is 0 Å². The van der Waals surface area contributed by atoms with Crippen molar-refractivity contribution in [3.05, 3.63) is 29.8 Å². The normalized spacial score (nSPS) is 30.2. The first-order chi connectivity index (χ1) is 14.0. The molecule has 158 valence electrons. The van der Waals surface area contributed by atoms with Crippen LogP contribution in [0.15, 0.2) is 24.3 Å². The number of amides is 2. The molecule has 29 heavy (non-hydrogen) atoms. The van der Waals surface area contributed by atoms with Crippen LogP contribution >= 0.6 is 0 Å². The predicted octanol–water partition coefficient (Wildman–Crippen LogP) is 2.59. The van der Waals surface area contributed by atoms with Crippen LogP contribution in [0.2, 0.25) is 0 Å². The summed E-state index contributed by atoms with van der Waals surface area (Å²) in [5.74, 6) is 1.85. The maximum Gasteiger partial charge on any atom is 0.244 e. The van der Waals surface area contributed by atoms with E-state index in [-0.39, 0.29) is 11.8 Å². The van der Waals surface area contributed by atoms with Crippen LogP contribution in [0.5, 0.6) is 5.75 Å². The van der Waals surface area contributed by atoms with Gasteiger partial charge in [-0.15, -0.1) is 0 Å². The zero-order chi connectivity index (χ0) is 20.5. The monoisotopic (exact) mass is 399 g/mol. The van der Waals surface area contributed by atoms with Crippen molar-refractivity contribution in [2.24, 2.45) is 11.8 Å². The number of piperidine rings is 3. The van der Waals surface area contributed by atoms with Gasteiger partial charge >= 0.3 is 0 Å². The van der Waals surface area contributed by atoms with Gasteiger partial charge in [0.25, 0.3) is 0 Å². The van der Waals surface area contributed by atoms with Gasteiger partial charge in [-0.2, -0.15) is 0 Å². The van der Waals surface area contributed by atoms with Crippen molar-refractivity contribution in [2.45, 2.75) is 57.7 Å². The zero-order valence-electron chi connectivity index (χ0n) is 17.8. The van der Waals surface area contributed by atoms with E-state index in [0.29, 0.717) is 23.9 Å². The molecule has 0 radical (unpaired) electrons. The van der Waals surface area contributed by atoms with E-state index < -0.39 is 6.04 Å². The topological polar surface area (TPSA) is 61.9 Å². The summed E-state index contributed by atoms with van der Waals surface area (Å²) in [5.41, 5.74) is 1.38. The fourth-order valence-corrected chi connectivity index (χ4v) is 5.81. The number of ether oxygens (including phenoxy) is 1. The Morgan fingerprint density at radius 1 is 1.14 bits per heavy atom. The quantitative estimate of drug-likeness (QED) is 0.845. The number of rotatable bonds is 4. The van der Waals surface area contributed by atoms with Crippen LogP contribution in [-0.2, 0) is 9.59 Å². The number of hydrogen-bond donors (Lipinski definition) is 1. The summed E-state index contributed by atoms with van der Waals surface area (Å²) < 4.78 is 5.32. The van der Waals surface area contributed by atoms with Crippen LogP contribution in [0.4, 0.5) is 0 Å². The highest BCUT2D eigenvalue weighted by Gasteiger charge is 2.46. The van der Waals surface area contributed by atoms with E-state index in [1.54, 1.807) is 14.0 Å². The summed E-state index contributed by atoms with van der Waals surface area (Å²) in [5, 5.41) is 2.75. The maximum absolute atomic E-state index is 12.9. The Kier molecular flexibility index (Phi) is 5.81. The van der Waals surface area contributed by atoms with Crippen LogP contribution < -0.4 is 10.1 Å². The first kappa shape index (κ1) is 20.2. The molecular formula is C23H33N3O3. The summed E-state index contributed by atoms with van der Waals surface area (Å²) in [4.78, 5) is 28.9. The molecule has 6 nitrogen and oxygen atoms in total. The number of likely N-dealkylation sites (tertiary alicyclic amines) is 1. The number of fused-ring (bicyclic) bond motifs is 4. The lowest BCUT2D eigenvalue weighted by atomic mass is 9.74. The van der Waals surface area contributed by atoms with E-state index in [4.69, 9.17) is 4.74 Å². The second-order valence-corrected chi connectivity index (χ2v) is 9.01. The molecule has 3 fully saturated rings. The molecule has 3 aliphatic heterocycles. The minimum atomic E-state index is -0.444. The highest BCUT2D eigenvalue weighted by Crippen LogP contribution is 2.44. The number of nitrogens with one attached hydrogen (secondary N) is 1. The number of carbonyl (C=O) groups is 2. The Morgan fingerprint density at radius 2 is 1.90 bits per heavy atom. The van der Waals surface area contributed by atoms with Crippen molar-refractivity contribution >= 4 is 11.8 Å². The molecule has 0 unspecified atom stereocenters. The molecule has 1 aromatic carbocycles. The van der Waals surface area contributed by atoms with Crippen LogP contribution in [0.1, 0.15) is 51.1 Å². The number of hydrogen-bond acceptors (Lipinski definition) is 4. The number of benzene rings is 1. The molecule has 1 N–H and O–H groups in total. The molecule has 0 spiro atoms.